The van der Waals surface area contributed by atoms with Crippen LogP contribution in [0.4, 0.5) is 5.69 Å². The first kappa shape index (κ1) is 17.1. The SMILES string of the molecule is CC(C)(C)c1ccc(C(=O)NC2CCN3CCCc4cccc2c43)cc1. The van der Waals surface area contributed by atoms with Crippen LogP contribution in [0.25, 0.3) is 0 Å². The molecule has 0 aliphatic carbocycles. The van der Waals surface area contributed by atoms with E-state index in [1.165, 1.54) is 28.8 Å². The molecule has 2 heterocycles. The van der Waals surface area contributed by atoms with Gasteiger partial charge in [0.2, 0.25) is 0 Å². The number of nitrogens with zero attached hydrogens (tertiary/aromatic N) is 1. The van der Waals surface area contributed by atoms with Crippen molar-refractivity contribution in [1.29, 1.82) is 0 Å². The molecule has 0 spiro atoms. The highest BCUT2D eigenvalue weighted by molar-refractivity contribution is 5.94. The number of amides is 1. The van der Waals surface area contributed by atoms with E-state index in [0.29, 0.717) is 0 Å². The summed E-state index contributed by atoms with van der Waals surface area (Å²) in [5.74, 6) is 0.0253. The average molecular weight is 348 g/mol. The summed E-state index contributed by atoms with van der Waals surface area (Å²) in [5.41, 5.74) is 6.18. The van der Waals surface area contributed by atoms with Gasteiger partial charge in [-0.15, -0.1) is 0 Å². The molecule has 2 aromatic rings. The molecule has 0 aromatic heterocycles. The molecule has 26 heavy (non-hydrogen) atoms. The maximum absolute atomic E-state index is 12.8. The van der Waals surface area contributed by atoms with Crippen LogP contribution in [-0.4, -0.2) is 19.0 Å². The Morgan fingerprint density at radius 3 is 2.58 bits per heavy atom. The highest BCUT2D eigenvalue weighted by Gasteiger charge is 2.30. The molecular weight excluding hydrogens is 320 g/mol. The highest BCUT2D eigenvalue weighted by Crippen LogP contribution is 2.39. The Kier molecular flexibility index (Phi) is 4.26. The summed E-state index contributed by atoms with van der Waals surface area (Å²) >= 11 is 0. The van der Waals surface area contributed by atoms with E-state index in [-0.39, 0.29) is 17.4 Å². The van der Waals surface area contributed by atoms with Gasteiger partial charge in [-0.05, 0) is 53.5 Å². The molecule has 0 fully saturated rings. The molecule has 1 amide bonds. The molecule has 4 rings (SSSR count). The largest absolute Gasteiger partial charge is 0.371 e. The van der Waals surface area contributed by atoms with E-state index in [0.717, 1.165) is 31.5 Å². The Hall–Kier alpha value is -2.29. The Balaban J connectivity index is 1.55. The zero-order chi connectivity index (χ0) is 18.3. The van der Waals surface area contributed by atoms with E-state index < -0.39 is 0 Å². The maximum Gasteiger partial charge on any atom is 0.251 e. The van der Waals surface area contributed by atoms with Crippen molar-refractivity contribution in [2.75, 3.05) is 18.0 Å². The Bertz CT molecular complexity index is 817. The van der Waals surface area contributed by atoms with Gasteiger partial charge in [0.1, 0.15) is 0 Å². The van der Waals surface area contributed by atoms with Crippen molar-refractivity contribution in [2.45, 2.75) is 51.5 Å². The third-order valence-electron chi connectivity index (χ3n) is 5.72. The minimum absolute atomic E-state index is 0.0253. The van der Waals surface area contributed by atoms with Crippen molar-refractivity contribution in [3.05, 3.63) is 64.7 Å². The fourth-order valence-corrected chi connectivity index (χ4v) is 4.23. The molecule has 1 unspecified atom stereocenters. The van der Waals surface area contributed by atoms with Crippen molar-refractivity contribution in [3.63, 3.8) is 0 Å². The van der Waals surface area contributed by atoms with Crippen LogP contribution < -0.4 is 10.2 Å². The van der Waals surface area contributed by atoms with Crippen molar-refractivity contribution >= 4 is 11.6 Å². The number of para-hydroxylation sites is 1. The molecule has 2 aliphatic heterocycles. The summed E-state index contributed by atoms with van der Waals surface area (Å²) in [5, 5.41) is 3.28. The lowest BCUT2D eigenvalue weighted by Gasteiger charge is -2.40. The minimum atomic E-state index is 0.0253. The van der Waals surface area contributed by atoms with Crippen LogP contribution in [0.2, 0.25) is 0 Å². The molecule has 0 saturated heterocycles. The summed E-state index contributed by atoms with van der Waals surface area (Å²) in [4.78, 5) is 15.3. The Morgan fingerprint density at radius 2 is 1.85 bits per heavy atom. The van der Waals surface area contributed by atoms with E-state index in [9.17, 15) is 4.79 Å². The van der Waals surface area contributed by atoms with Gasteiger partial charge in [0.25, 0.3) is 5.91 Å². The van der Waals surface area contributed by atoms with Crippen LogP contribution >= 0.6 is 0 Å². The quantitative estimate of drug-likeness (QED) is 0.859. The summed E-state index contributed by atoms with van der Waals surface area (Å²) in [6.45, 7) is 8.73. The first-order valence-corrected chi connectivity index (χ1v) is 9.71. The van der Waals surface area contributed by atoms with Crippen LogP contribution in [-0.2, 0) is 11.8 Å². The first-order valence-electron chi connectivity index (χ1n) is 9.71. The first-order chi connectivity index (χ1) is 12.4. The third-order valence-corrected chi connectivity index (χ3v) is 5.72. The van der Waals surface area contributed by atoms with Gasteiger partial charge >= 0.3 is 0 Å². The zero-order valence-corrected chi connectivity index (χ0v) is 16.0. The summed E-state index contributed by atoms with van der Waals surface area (Å²) in [7, 11) is 0. The second-order valence-electron chi connectivity index (χ2n) is 8.59. The minimum Gasteiger partial charge on any atom is -0.371 e. The van der Waals surface area contributed by atoms with Gasteiger partial charge in [0, 0.05) is 24.3 Å². The molecule has 1 atom stereocenters. The van der Waals surface area contributed by atoms with Crippen molar-refractivity contribution < 1.29 is 4.79 Å². The second kappa shape index (κ2) is 6.46. The van der Waals surface area contributed by atoms with Crippen molar-refractivity contribution in [2.24, 2.45) is 0 Å². The second-order valence-corrected chi connectivity index (χ2v) is 8.59. The van der Waals surface area contributed by atoms with E-state index in [1.54, 1.807) is 0 Å². The smallest absolute Gasteiger partial charge is 0.251 e. The van der Waals surface area contributed by atoms with Gasteiger partial charge in [-0.1, -0.05) is 51.1 Å². The van der Waals surface area contributed by atoms with Gasteiger partial charge in [0.05, 0.1) is 6.04 Å². The number of nitrogens with one attached hydrogen (secondary N) is 1. The van der Waals surface area contributed by atoms with E-state index in [2.05, 4.69) is 61.3 Å². The molecule has 0 radical (unpaired) electrons. The van der Waals surface area contributed by atoms with E-state index >= 15 is 0 Å². The molecule has 2 aromatic carbocycles. The average Bonchev–Trinajstić information content (AvgIpc) is 2.63. The fourth-order valence-electron chi connectivity index (χ4n) is 4.23. The molecular formula is C23H28N2O. The molecule has 0 bridgehead atoms. The number of rotatable bonds is 2. The standard InChI is InChI=1S/C23H28N2O/c1-23(2,3)18-11-9-17(10-12-18)22(26)24-20-13-15-25-14-5-7-16-6-4-8-19(20)21(16)25/h4,6,8-12,20H,5,7,13-15H2,1-3H3,(H,24,26). The normalized spacial score (nSPS) is 19.0. The lowest BCUT2D eigenvalue weighted by Crippen LogP contribution is -2.40. The fraction of sp³-hybridized carbons (Fsp3) is 0.435. The number of aryl methyl sites for hydroxylation is 1. The Labute approximate surface area is 156 Å². The number of hydrogen-bond acceptors (Lipinski definition) is 2. The predicted molar refractivity (Wildman–Crippen MR) is 107 cm³/mol. The van der Waals surface area contributed by atoms with Gasteiger partial charge < -0.3 is 10.2 Å². The van der Waals surface area contributed by atoms with Crippen LogP contribution in [0.5, 0.6) is 0 Å². The molecule has 136 valence electrons. The van der Waals surface area contributed by atoms with Crippen molar-refractivity contribution in [1.82, 2.24) is 5.32 Å². The highest BCUT2D eigenvalue weighted by atomic mass is 16.1. The molecule has 0 saturated carbocycles. The lowest BCUT2D eigenvalue weighted by atomic mass is 9.86. The van der Waals surface area contributed by atoms with Crippen molar-refractivity contribution in [3.8, 4) is 0 Å². The van der Waals surface area contributed by atoms with Crippen LogP contribution in [0, 0.1) is 0 Å². The van der Waals surface area contributed by atoms with Crippen LogP contribution in [0.3, 0.4) is 0 Å². The molecule has 2 aliphatic rings. The summed E-state index contributed by atoms with van der Waals surface area (Å²) in [6, 6.07) is 14.7. The monoisotopic (exact) mass is 348 g/mol. The molecule has 3 nitrogen and oxygen atoms in total. The topological polar surface area (TPSA) is 32.3 Å². The summed E-state index contributed by atoms with van der Waals surface area (Å²) in [6.07, 6.45) is 3.35. The number of carbonyl (C=O) groups excluding carboxylic acids is 1. The maximum atomic E-state index is 12.8. The number of benzene rings is 2. The van der Waals surface area contributed by atoms with E-state index in [4.69, 9.17) is 0 Å². The van der Waals surface area contributed by atoms with Crippen LogP contribution in [0.15, 0.2) is 42.5 Å². The van der Waals surface area contributed by atoms with Gasteiger partial charge in [-0.2, -0.15) is 0 Å². The third kappa shape index (κ3) is 3.11. The van der Waals surface area contributed by atoms with Gasteiger partial charge in [-0.25, -0.2) is 0 Å². The number of carbonyl (C=O) groups is 1. The van der Waals surface area contributed by atoms with Crippen LogP contribution in [0.1, 0.15) is 66.7 Å². The van der Waals surface area contributed by atoms with Gasteiger partial charge in [0.15, 0.2) is 0 Å². The summed E-state index contributed by atoms with van der Waals surface area (Å²) < 4.78 is 0. The predicted octanol–water partition coefficient (Wildman–Crippen LogP) is 4.61. The zero-order valence-electron chi connectivity index (χ0n) is 16.0. The molecule has 1 N–H and O–H groups in total. The molecule has 3 heteroatoms. The van der Waals surface area contributed by atoms with Gasteiger partial charge in [-0.3, -0.25) is 4.79 Å². The van der Waals surface area contributed by atoms with E-state index in [1.807, 2.05) is 12.1 Å². The number of hydrogen-bond donors (Lipinski definition) is 1. The lowest BCUT2D eigenvalue weighted by molar-refractivity contribution is 0.0934. The Morgan fingerprint density at radius 1 is 1.08 bits per heavy atom. The number of anilines is 1.